The average Bonchev–Trinajstić information content (AvgIpc) is 3.25. The summed E-state index contributed by atoms with van der Waals surface area (Å²) in [5.74, 6) is 0.279. The molecule has 3 rings (SSSR count). The molecule has 1 heterocycles. The number of aromatic nitrogens is 2. The number of sulfonamides is 1. The summed E-state index contributed by atoms with van der Waals surface area (Å²) < 4.78 is 33.4. The molecule has 0 saturated carbocycles. The summed E-state index contributed by atoms with van der Waals surface area (Å²) >= 11 is 0. The Kier molecular flexibility index (Phi) is 6.53. The Bertz CT molecular complexity index is 1120. The monoisotopic (exact) mass is 428 g/mol. The van der Waals surface area contributed by atoms with Crippen molar-refractivity contribution in [2.75, 3.05) is 25.5 Å². The number of amides is 1. The Labute approximate surface area is 176 Å². The van der Waals surface area contributed by atoms with Crippen molar-refractivity contribution in [2.45, 2.75) is 18.7 Å². The zero-order valence-electron chi connectivity index (χ0n) is 17.1. The second-order valence-electron chi connectivity index (χ2n) is 6.44. The van der Waals surface area contributed by atoms with Crippen molar-refractivity contribution in [1.82, 2.24) is 13.9 Å². The number of carbonyl (C=O) groups excluding carboxylic acids is 1. The topological polar surface area (TPSA) is 93.5 Å². The van der Waals surface area contributed by atoms with E-state index in [0.717, 1.165) is 0 Å². The molecule has 0 aliphatic heterocycles. The van der Waals surface area contributed by atoms with Gasteiger partial charge in [-0.25, -0.2) is 13.4 Å². The first kappa shape index (κ1) is 21.5. The highest BCUT2D eigenvalue weighted by Gasteiger charge is 2.21. The highest BCUT2D eigenvalue weighted by atomic mass is 32.2. The van der Waals surface area contributed by atoms with Crippen LogP contribution in [0.5, 0.6) is 5.75 Å². The molecule has 2 aromatic carbocycles. The van der Waals surface area contributed by atoms with Crippen LogP contribution in [0.2, 0.25) is 0 Å². The first-order valence-corrected chi connectivity index (χ1v) is 10.9. The lowest BCUT2D eigenvalue weighted by Gasteiger charge is -2.18. The summed E-state index contributed by atoms with van der Waals surface area (Å²) in [5.41, 5.74) is 1.53. The van der Waals surface area contributed by atoms with E-state index in [9.17, 15) is 13.2 Å². The fraction of sp³-hybridized carbons (Fsp3) is 0.238. The molecule has 3 aromatic rings. The standard InChI is InChI=1S/C21H24N4O4S/c1-4-25(5-2)30(27,28)19-11-9-17(10-12-19)24-14-20(22-15-24)21(26)23-16-7-6-8-18(13-16)29-3/h6-15H,4-5H2,1-3H3,(H,23,26). The van der Waals surface area contributed by atoms with Gasteiger partial charge in [-0.05, 0) is 36.4 Å². The Morgan fingerprint density at radius 3 is 2.47 bits per heavy atom. The molecule has 0 aliphatic rings. The normalized spacial score (nSPS) is 11.5. The number of ether oxygens (including phenoxy) is 1. The van der Waals surface area contributed by atoms with Crippen LogP contribution in [-0.2, 0) is 10.0 Å². The van der Waals surface area contributed by atoms with Crippen LogP contribution in [0.3, 0.4) is 0 Å². The third-order valence-corrected chi connectivity index (χ3v) is 6.69. The Hall–Kier alpha value is -3.17. The van der Waals surface area contributed by atoms with Gasteiger partial charge < -0.3 is 14.6 Å². The van der Waals surface area contributed by atoms with E-state index in [-0.39, 0.29) is 16.5 Å². The number of imidazole rings is 1. The van der Waals surface area contributed by atoms with Crippen LogP contribution in [0.25, 0.3) is 5.69 Å². The van der Waals surface area contributed by atoms with Crippen LogP contribution >= 0.6 is 0 Å². The van der Waals surface area contributed by atoms with Gasteiger partial charge in [-0.15, -0.1) is 0 Å². The van der Waals surface area contributed by atoms with Gasteiger partial charge in [0.1, 0.15) is 17.8 Å². The van der Waals surface area contributed by atoms with Crippen molar-refractivity contribution < 1.29 is 17.9 Å². The van der Waals surface area contributed by atoms with Gasteiger partial charge in [0.2, 0.25) is 10.0 Å². The minimum Gasteiger partial charge on any atom is -0.497 e. The van der Waals surface area contributed by atoms with Gasteiger partial charge in [-0.3, -0.25) is 4.79 Å². The summed E-state index contributed by atoms with van der Waals surface area (Å²) in [6.45, 7) is 4.43. The number of benzene rings is 2. The number of hydrogen-bond donors (Lipinski definition) is 1. The van der Waals surface area contributed by atoms with E-state index in [4.69, 9.17) is 4.74 Å². The van der Waals surface area contributed by atoms with E-state index in [2.05, 4.69) is 10.3 Å². The van der Waals surface area contributed by atoms with Crippen LogP contribution in [0.4, 0.5) is 5.69 Å². The largest absolute Gasteiger partial charge is 0.497 e. The Morgan fingerprint density at radius 2 is 1.83 bits per heavy atom. The highest BCUT2D eigenvalue weighted by Crippen LogP contribution is 2.19. The highest BCUT2D eigenvalue weighted by molar-refractivity contribution is 7.89. The van der Waals surface area contributed by atoms with E-state index in [1.165, 1.54) is 10.6 Å². The van der Waals surface area contributed by atoms with Crippen molar-refractivity contribution >= 4 is 21.6 Å². The lowest BCUT2D eigenvalue weighted by molar-refractivity contribution is 0.102. The number of carbonyl (C=O) groups is 1. The molecule has 0 saturated heterocycles. The number of nitrogens with zero attached hydrogens (tertiary/aromatic N) is 3. The van der Waals surface area contributed by atoms with Crippen molar-refractivity contribution in [3.8, 4) is 11.4 Å². The first-order chi connectivity index (χ1) is 14.4. The molecule has 1 amide bonds. The van der Waals surface area contributed by atoms with Gasteiger partial charge in [0, 0.05) is 36.7 Å². The predicted molar refractivity (Wildman–Crippen MR) is 115 cm³/mol. The maximum atomic E-state index is 12.6. The average molecular weight is 429 g/mol. The lowest BCUT2D eigenvalue weighted by Crippen LogP contribution is -2.30. The number of nitrogens with one attached hydrogen (secondary N) is 1. The van der Waals surface area contributed by atoms with Gasteiger partial charge in [0.05, 0.1) is 12.0 Å². The molecule has 0 aliphatic carbocycles. The van der Waals surface area contributed by atoms with Crippen molar-refractivity contribution in [1.29, 1.82) is 0 Å². The maximum Gasteiger partial charge on any atom is 0.275 e. The molecule has 8 nitrogen and oxygen atoms in total. The summed E-state index contributed by atoms with van der Waals surface area (Å²) in [7, 11) is -1.96. The molecule has 158 valence electrons. The van der Waals surface area contributed by atoms with Crippen LogP contribution in [0, 0.1) is 0 Å². The quantitative estimate of drug-likeness (QED) is 0.595. The molecule has 0 radical (unpaired) electrons. The molecule has 0 spiro atoms. The summed E-state index contributed by atoms with van der Waals surface area (Å²) in [6, 6.07) is 13.5. The van der Waals surface area contributed by atoms with Crippen molar-refractivity contribution in [3.63, 3.8) is 0 Å². The number of hydrogen-bond acceptors (Lipinski definition) is 5. The number of rotatable bonds is 8. The Morgan fingerprint density at radius 1 is 1.13 bits per heavy atom. The third-order valence-electron chi connectivity index (χ3n) is 4.62. The predicted octanol–water partition coefficient (Wildman–Crippen LogP) is 3.16. The van der Waals surface area contributed by atoms with Gasteiger partial charge >= 0.3 is 0 Å². The van der Waals surface area contributed by atoms with E-state index < -0.39 is 10.0 Å². The zero-order valence-corrected chi connectivity index (χ0v) is 17.9. The number of methoxy groups -OCH3 is 1. The molecule has 0 atom stereocenters. The molecule has 1 N–H and O–H groups in total. The molecule has 0 unspecified atom stereocenters. The molecule has 9 heteroatoms. The molecular weight excluding hydrogens is 404 g/mol. The second kappa shape index (κ2) is 9.10. The van der Waals surface area contributed by atoms with Gasteiger partial charge in [-0.2, -0.15) is 4.31 Å². The Balaban J connectivity index is 1.76. The molecular formula is C21H24N4O4S. The molecule has 0 fully saturated rings. The van der Waals surface area contributed by atoms with Crippen molar-refractivity contribution in [2.24, 2.45) is 0 Å². The number of anilines is 1. The lowest BCUT2D eigenvalue weighted by atomic mass is 10.3. The van der Waals surface area contributed by atoms with E-state index in [0.29, 0.717) is 30.2 Å². The first-order valence-electron chi connectivity index (χ1n) is 9.49. The van der Waals surface area contributed by atoms with Crippen LogP contribution in [0.15, 0.2) is 66.0 Å². The van der Waals surface area contributed by atoms with E-state index in [1.807, 2.05) is 0 Å². The minimum absolute atomic E-state index is 0.228. The van der Waals surface area contributed by atoms with E-state index >= 15 is 0 Å². The van der Waals surface area contributed by atoms with Crippen molar-refractivity contribution in [3.05, 3.63) is 66.7 Å². The fourth-order valence-electron chi connectivity index (χ4n) is 2.98. The summed E-state index contributed by atoms with van der Waals surface area (Å²) in [6.07, 6.45) is 3.10. The van der Waals surface area contributed by atoms with E-state index in [1.54, 1.807) is 80.3 Å². The summed E-state index contributed by atoms with van der Waals surface area (Å²) in [4.78, 5) is 16.9. The maximum absolute atomic E-state index is 12.6. The van der Waals surface area contributed by atoms with Gasteiger partial charge in [0.25, 0.3) is 5.91 Å². The summed E-state index contributed by atoms with van der Waals surface area (Å²) in [5, 5.41) is 2.77. The minimum atomic E-state index is -3.51. The zero-order chi connectivity index (χ0) is 21.7. The second-order valence-corrected chi connectivity index (χ2v) is 8.37. The molecule has 30 heavy (non-hydrogen) atoms. The van der Waals surface area contributed by atoms with Gasteiger partial charge in [0.15, 0.2) is 0 Å². The van der Waals surface area contributed by atoms with Gasteiger partial charge in [-0.1, -0.05) is 19.9 Å². The molecule has 0 bridgehead atoms. The van der Waals surface area contributed by atoms with Crippen LogP contribution in [0.1, 0.15) is 24.3 Å². The smallest absolute Gasteiger partial charge is 0.275 e. The molecule has 1 aromatic heterocycles. The SMILES string of the molecule is CCN(CC)S(=O)(=O)c1ccc(-n2cnc(C(=O)Nc3cccc(OC)c3)c2)cc1. The van der Waals surface area contributed by atoms with Crippen LogP contribution < -0.4 is 10.1 Å². The van der Waals surface area contributed by atoms with Crippen LogP contribution in [-0.4, -0.2) is 48.4 Å². The fourth-order valence-corrected chi connectivity index (χ4v) is 4.44. The third kappa shape index (κ3) is 4.52.